The summed E-state index contributed by atoms with van der Waals surface area (Å²) in [4.78, 5) is 22.6. The van der Waals surface area contributed by atoms with Crippen molar-refractivity contribution in [2.75, 3.05) is 19.8 Å². The van der Waals surface area contributed by atoms with Crippen molar-refractivity contribution in [3.63, 3.8) is 0 Å². The maximum Gasteiger partial charge on any atom is 0.343 e. The fourth-order valence-corrected chi connectivity index (χ4v) is 2.59. The Labute approximate surface area is 137 Å². The van der Waals surface area contributed by atoms with Crippen LogP contribution in [0.15, 0.2) is 10.2 Å². The number of carbonyl (C=O) groups is 2. The van der Waals surface area contributed by atoms with Gasteiger partial charge in [0, 0.05) is 12.8 Å². The lowest BCUT2D eigenvalue weighted by molar-refractivity contribution is -0.172. The van der Waals surface area contributed by atoms with Crippen molar-refractivity contribution in [1.82, 2.24) is 0 Å². The van der Waals surface area contributed by atoms with Gasteiger partial charge in [-0.15, -0.1) is 0 Å². The van der Waals surface area contributed by atoms with E-state index in [1.165, 1.54) is 0 Å². The van der Waals surface area contributed by atoms with Crippen molar-refractivity contribution in [2.45, 2.75) is 44.0 Å². The van der Waals surface area contributed by atoms with Gasteiger partial charge in [-0.25, -0.2) is 4.79 Å². The quantitative estimate of drug-likeness (QED) is 0.380. The highest BCUT2D eigenvalue weighted by atomic mass is 127. The van der Waals surface area contributed by atoms with Crippen molar-refractivity contribution in [3.05, 3.63) is 10.2 Å². The van der Waals surface area contributed by atoms with E-state index in [2.05, 4.69) is 6.58 Å². The first-order valence-corrected chi connectivity index (χ1v) is 8.07. The van der Waals surface area contributed by atoms with Gasteiger partial charge in [0.25, 0.3) is 0 Å². The summed E-state index contributed by atoms with van der Waals surface area (Å²) in [6.45, 7) is 4.06. The van der Waals surface area contributed by atoms with E-state index in [1.54, 1.807) is 22.6 Å². The van der Waals surface area contributed by atoms with Crippen LogP contribution in [0.25, 0.3) is 0 Å². The number of halogens is 1. The van der Waals surface area contributed by atoms with Gasteiger partial charge >= 0.3 is 11.9 Å². The molecule has 1 saturated carbocycles. The van der Waals surface area contributed by atoms with Crippen LogP contribution in [-0.2, 0) is 28.5 Å². The molecule has 21 heavy (non-hydrogen) atoms. The molecule has 0 N–H and O–H groups in total. The number of rotatable bonds is 6. The van der Waals surface area contributed by atoms with Crippen LogP contribution in [0, 0.1) is 0 Å². The van der Waals surface area contributed by atoms with Gasteiger partial charge in [-0.05, 0) is 35.4 Å². The van der Waals surface area contributed by atoms with Crippen LogP contribution < -0.4 is 0 Å². The molecule has 0 radical (unpaired) electrons. The molecule has 1 unspecified atom stereocenters. The molecule has 1 aliphatic heterocycles. The zero-order valence-electron chi connectivity index (χ0n) is 11.8. The minimum atomic E-state index is -0.515. The Bertz CT molecular complexity index is 416. The average molecular weight is 410 g/mol. The average Bonchev–Trinajstić information content (AvgIpc) is 3.07. The zero-order valence-corrected chi connectivity index (χ0v) is 13.9. The topological polar surface area (TPSA) is 71.1 Å². The maximum absolute atomic E-state index is 11.5. The second-order valence-electron chi connectivity index (χ2n) is 5.14. The number of hydrogen-bond donors (Lipinski definition) is 0. The minimum Gasteiger partial charge on any atom is -0.463 e. The monoisotopic (exact) mass is 410 g/mol. The molecule has 2 fully saturated rings. The van der Waals surface area contributed by atoms with E-state index in [9.17, 15) is 9.59 Å². The molecule has 6 nitrogen and oxygen atoms in total. The van der Waals surface area contributed by atoms with E-state index < -0.39 is 17.7 Å². The van der Waals surface area contributed by atoms with Crippen LogP contribution in [0.4, 0.5) is 0 Å². The lowest BCUT2D eigenvalue weighted by atomic mass is 10.2. The van der Waals surface area contributed by atoms with Crippen LogP contribution in [0.3, 0.4) is 0 Å². The summed E-state index contributed by atoms with van der Waals surface area (Å²) in [6, 6.07) is 0. The Morgan fingerprint density at radius 2 is 2.00 bits per heavy atom. The molecule has 2 aliphatic rings. The summed E-state index contributed by atoms with van der Waals surface area (Å²) in [5, 5.41) is 0. The van der Waals surface area contributed by atoms with Crippen molar-refractivity contribution in [3.8, 4) is 0 Å². The van der Waals surface area contributed by atoms with E-state index in [-0.39, 0.29) is 29.3 Å². The minimum absolute atomic E-state index is 0.00828. The fourth-order valence-electron chi connectivity index (χ4n) is 2.44. The summed E-state index contributed by atoms with van der Waals surface area (Å²) in [5.41, 5.74) is 0. The molecular formula is C14H19IO6. The smallest absolute Gasteiger partial charge is 0.343 e. The second-order valence-corrected chi connectivity index (χ2v) is 6.44. The number of carbonyl (C=O) groups excluding carboxylic acids is 2. The molecule has 2 rings (SSSR count). The molecule has 0 aromatic carbocycles. The summed E-state index contributed by atoms with van der Waals surface area (Å²) >= 11 is 1.77. The Kier molecular flexibility index (Phi) is 6.00. The van der Waals surface area contributed by atoms with E-state index in [1.807, 2.05) is 0 Å². The Balaban J connectivity index is 1.59. The van der Waals surface area contributed by atoms with Crippen LogP contribution in [0.2, 0.25) is 0 Å². The number of hydrogen-bond acceptors (Lipinski definition) is 6. The normalized spacial score (nSPS) is 23.2. The Morgan fingerprint density at radius 3 is 2.67 bits per heavy atom. The first-order valence-electron chi connectivity index (χ1n) is 7.00. The third-order valence-electron chi connectivity index (χ3n) is 3.47. The zero-order chi connectivity index (χ0) is 15.3. The molecule has 1 heterocycles. The first kappa shape index (κ1) is 16.7. The van der Waals surface area contributed by atoms with Crippen molar-refractivity contribution in [1.29, 1.82) is 0 Å². The third-order valence-corrected chi connectivity index (χ3v) is 3.91. The summed E-state index contributed by atoms with van der Waals surface area (Å²) in [7, 11) is 0. The van der Waals surface area contributed by atoms with E-state index in [0.717, 1.165) is 25.7 Å². The molecule has 118 valence electrons. The molecule has 0 amide bonds. The van der Waals surface area contributed by atoms with E-state index in [0.29, 0.717) is 6.61 Å². The maximum atomic E-state index is 11.5. The predicted molar refractivity (Wildman–Crippen MR) is 81.7 cm³/mol. The van der Waals surface area contributed by atoms with E-state index in [4.69, 9.17) is 18.9 Å². The van der Waals surface area contributed by atoms with E-state index >= 15 is 0 Å². The van der Waals surface area contributed by atoms with Crippen LogP contribution in [0.1, 0.15) is 32.1 Å². The molecule has 0 aromatic heterocycles. The molecule has 0 aromatic rings. The molecule has 1 saturated heterocycles. The summed E-state index contributed by atoms with van der Waals surface area (Å²) < 4.78 is 21.7. The molecule has 1 atom stereocenters. The van der Waals surface area contributed by atoms with Crippen molar-refractivity contribution in [2.24, 2.45) is 0 Å². The highest BCUT2D eigenvalue weighted by Gasteiger charge is 2.43. The third kappa shape index (κ3) is 4.93. The van der Waals surface area contributed by atoms with Gasteiger partial charge < -0.3 is 18.9 Å². The second kappa shape index (κ2) is 7.55. The van der Waals surface area contributed by atoms with Crippen LogP contribution in [-0.4, -0.2) is 43.7 Å². The van der Waals surface area contributed by atoms with Gasteiger partial charge in [-0.1, -0.05) is 6.58 Å². The van der Waals surface area contributed by atoms with Crippen LogP contribution >= 0.6 is 22.6 Å². The summed E-state index contributed by atoms with van der Waals surface area (Å²) in [6.07, 6.45) is 3.86. The highest BCUT2D eigenvalue weighted by molar-refractivity contribution is 14.1. The predicted octanol–water partition coefficient (Wildman–Crippen LogP) is 2.10. The van der Waals surface area contributed by atoms with Gasteiger partial charge in [-0.2, -0.15) is 0 Å². The van der Waals surface area contributed by atoms with Crippen molar-refractivity contribution < 1.29 is 28.5 Å². The van der Waals surface area contributed by atoms with Crippen LogP contribution in [0.5, 0.6) is 0 Å². The molecule has 0 bridgehead atoms. The molecular weight excluding hydrogens is 391 g/mol. The van der Waals surface area contributed by atoms with Gasteiger partial charge in [0.05, 0.1) is 16.6 Å². The van der Waals surface area contributed by atoms with Crippen molar-refractivity contribution >= 4 is 34.5 Å². The van der Waals surface area contributed by atoms with Gasteiger partial charge in [0.1, 0.15) is 19.3 Å². The lowest BCUT2D eigenvalue weighted by Crippen LogP contribution is -2.28. The van der Waals surface area contributed by atoms with Gasteiger partial charge in [-0.3, -0.25) is 4.79 Å². The first-order chi connectivity index (χ1) is 10.0. The molecule has 1 spiro atoms. The standard InChI is InChI=1S/C14H19IO6/c1-10(15)13(17)18-7-4-12(16)19-8-11-9-20-14(21-11)5-2-3-6-14/h11H,1-9H2. The van der Waals surface area contributed by atoms with Gasteiger partial charge in [0.15, 0.2) is 5.79 Å². The Morgan fingerprint density at radius 1 is 1.29 bits per heavy atom. The fraction of sp³-hybridized carbons (Fsp3) is 0.714. The molecule has 7 heteroatoms. The SMILES string of the molecule is C=C(I)C(=O)OCCC(=O)OCC1COC2(CCCC2)O1. The number of ether oxygens (including phenoxy) is 4. The summed E-state index contributed by atoms with van der Waals surface area (Å²) in [5.74, 6) is -1.37. The van der Waals surface area contributed by atoms with Gasteiger partial charge in [0.2, 0.25) is 0 Å². The lowest BCUT2D eigenvalue weighted by Gasteiger charge is -2.21. The highest BCUT2D eigenvalue weighted by Crippen LogP contribution is 2.39. The molecule has 1 aliphatic carbocycles. The number of esters is 2. The Hall–Kier alpha value is -0.670. The largest absolute Gasteiger partial charge is 0.463 e.